The Morgan fingerprint density at radius 2 is 1.73 bits per heavy atom. The molecule has 3 aromatic rings. The third kappa shape index (κ3) is 3.77. The summed E-state index contributed by atoms with van der Waals surface area (Å²) in [5, 5.41) is 3.05. The molecule has 1 aliphatic heterocycles. The Kier molecular flexibility index (Phi) is 5.26. The normalized spacial score (nSPS) is 13.7. The number of hydrogen-bond donors (Lipinski definition) is 1. The van der Waals surface area contributed by atoms with Gasteiger partial charge < -0.3 is 10.1 Å². The smallest absolute Gasteiger partial charge is 0.278 e. The van der Waals surface area contributed by atoms with E-state index < -0.39 is 17.6 Å². The van der Waals surface area contributed by atoms with Gasteiger partial charge in [-0.25, -0.2) is 4.39 Å². The van der Waals surface area contributed by atoms with Gasteiger partial charge in [-0.1, -0.05) is 18.2 Å². The molecule has 0 unspecified atom stereocenters. The van der Waals surface area contributed by atoms with Gasteiger partial charge in [0.15, 0.2) is 0 Å². The summed E-state index contributed by atoms with van der Waals surface area (Å²) in [6.07, 6.45) is 3.23. The second-order valence-electron chi connectivity index (χ2n) is 6.67. The summed E-state index contributed by atoms with van der Waals surface area (Å²) in [4.78, 5) is 31.5. The number of methoxy groups -OCH3 is 1. The molecule has 0 saturated carbocycles. The molecule has 7 heteroatoms. The van der Waals surface area contributed by atoms with Crippen LogP contribution in [0.1, 0.15) is 11.1 Å². The van der Waals surface area contributed by atoms with Gasteiger partial charge in [0.05, 0.1) is 19.2 Å². The first-order valence-electron chi connectivity index (χ1n) is 9.23. The quantitative estimate of drug-likeness (QED) is 0.637. The van der Waals surface area contributed by atoms with Crippen LogP contribution in [0.3, 0.4) is 0 Å². The van der Waals surface area contributed by atoms with Crippen molar-refractivity contribution in [1.82, 2.24) is 9.88 Å². The van der Waals surface area contributed by atoms with Crippen LogP contribution in [0.2, 0.25) is 0 Å². The lowest BCUT2D eigenvalue weighted by atomic mass is 10.0. The third-order valence-corrected chi connectivity index (χ3v) is 4.72. The largest absolute Gasteiger partial charge is 0.497 e. The number of aromatic nitrogens is 1. The van der Waals surface area contributed by atoms with Crippen molar-refractivity contribution in [1.29, 1.82) is 0 Å². The number of benzene rings is 2. The molecule has 1 aliphatic rings. The molecule has 0 fully saturated rings. The predicted molar refractivity (Wildman–Crippen MR) is 110 cm³/mol. The molecule has 150 valence electrons. The maximum Gasteiger partial charge on any atom is 0.278 e. The molecule has 2 amide bonds. The maximum absolute atomic E-state index is 13.4. The second kappa shape index (κ2) is 8.16. The topological polar surface area (TPSA) is 71.5 Å². The minimum atomic E-state index is -0.459. The van der Waals surface area contributed by atoms with Crippen molar-refractivity contribution >= 4 is 23.1 Å². The fraction of sp³-hybridized carbons (Fsp3) is 0.0870. The molecule has 30 heavy (non-hydrogen) atoms. The zero-order valence-corrected chi connectivity index (χ0v) is 16.1. The number of nitrogens with zero attached hydrogens (tertiary/aromatic N) is 2. The lowest BCUT2D eigenvalue weighted by molar-refractivity contribution is -0.137. The molecule has 6 nitrogen and oxygen atoms in total. The molecule has 0 spiro atoms. The number of imide groups is 1. The van der Waals surface area contributed by atoms with E-state index >= 15 is 0 Å². The van der Waals surface area contributed by atoms with Gasteiger partial charge in [0.25, 0.3) is 11.8 Å². The molecule has 1 N–H and O–H groups in total. The average molecular weight is 403 g/mol. The number of ether oxygens (including phenoxy) is 1. The van der Waals surface area contributed by atoms with Gasteiger partial charge in [-0.3, -0.25) is 19.5 Å². The first kappa shape index (κ1) is 19.3. The van der Waals surface area contributed by atoms with Crippen molar-refractivity contribution in [2.24, 2.45) is 0 Å². The van der Waals surface area contributed by atoms with E-state index in [0.29, 0.717) is 17.0 Å². The zero-order chi connectivity index (χ0) is 21.1. The van der Waals surface area contributed by atoms with Crippen LogP contribution in [0.25, 0.3) is 5.57 Å². The van der Waals surface area contributed by atoms with Crippen molar-refractivity contribution in [2.75, 3.05) is 12.4 Å². The monoisotopic (exact) mass is 403 g/mol. The van der Waals surface area contributed by atoms with E-state index in [9.17, 15) is 14.0 Å². The number of rotatable bonds is 6. The van der Waals surface area contributed by atoms with Crippen LogP contribution in [0.4, 0.5) is 10.1 Å². The molecule has 1 aromatic heterocycles. The Morgan fingerprint density at radius 3 is 2.37 bits per heavy atom. The number of anilines is 1. The first-order chi connectivity index (χ1) is 14.6. The number of hydrogen-bond acceptors (Lipinski definition) is 5. The van der Waals surface area contributed by atoms with Crippen LogP contribution in [-0.4, -0.2) is 28.8 Å². The minimum absolute atomic E-state index is 0.0873. The summed E-state index contributed by atoms with van der Waals surface area (Å²) in [6, 6.07) is 16.0. The van der Waals surface area contributed by atoms with Crippen LogP contribution in [0.5, 0.6) is 5.75 Å². The Morgan fingerprint density at radius 1 is 1.00 bits per heavy atom. The van der Waals surface area contributed by atoms with Crippen molar-refractivity contribution in [3.8, 4) is 5.75 Å². The van der Waals surface area contributed by atoms with Crippen molar-refractivity contribution in [3.05, 3.63) is 95.7 Å². The van der Waals surface area contributed by atoms with E-state index in [-0.39, 0.29) is 17.8 Å². The molecular formula is C23H18FN3O3. The summed E-state index contributed by atoms with van der Waals surface area (Å²) in [6.45, 7) is 0.0873. The molecule has 0 saturated heterocycles. The summed E-state index contributed by atoms with van der Waals surface area (Å²) in [7, 11) is 1.56. The fourth-order valence-electron chi connectivity index (χ4n) is 3.21. The highest BCUT2D eigenvalue weighted by molar-refractivity contribution is 6.36. The number of pyridine rings is 1. The lowest BCUT2D eigenvalue weighted by Gasteiger charge is -2.15. The molecule has 2 heterocycles. The number of carbonyl (C=O) groups is 2. The first-order valence-corrected chi connectivity index (χ1v) is 9.23. The third-order valence-electron chi connectivity index (χ3n) is 4.72. The number of nitrogens with one attached hydrogen (secondary N) is 1. The van der Waals surface area contributed by atoms with Crippen LogP contribution in [-0.2, 0) is 16.1 Å². The van der Waals surface area contributed by atoms with E-state index in [2.05, 4.69) is 10.3 Å². The van der Waals surface area contributed by atoms with Crippen LogP contribution in [0, 0.1) is 5.82 Å². The number of halogens is 1. The molecule has 0 atom stereocenters. The summed E-state index contributed by atoms with van der Waals surface area (Å²) in [5.41, 5.74) is 2.14. The van der Waals surface area contributed by atoms with Gasteiger partial charge in [-0.15, -0.1) is 0 Å². The Balaban J connectivity index is 1.72. The van der Waals surface area contributed by atoms with Gasteiger partial charge >= 0.3 is 0 Å². The number of amides is 2. The van der Waals surface area contributed by atoms with Crippen molar-refractivity contribution in [2.45, 2.75) is 6.54 Å². The second-order valence-corrected chi connectivity index (χ2v) is 6.67. The van der Waals surface area contributed by atoms with E-state index in [1.807, 2.05) is 0 Å². The molecule has 2 aromatic carbocycles. The van der Waals surface area contributed by atoms with Gasteiger partial charge in [-0.2, -0.15) is 0 Å². The van der Waals surface area contributed by atoms with Crippen LogP contribution in [0.15, 0.2) is 78.8 Å². The highest BCUT2D eigenvalue weighted by Crippen LogP contribution is 2.32. The minimum Gasteiger partial charge on any atom is -0.497 e. The van der Waals surface area contributed by atoms with E-state index in [0.717, 1.165) is 10.5 Å². The van der Waals surface area contributed by atoms with Gasteiger partial charge in [0, 0.05) is 18.1 Å². The Bertz CT molecular complexity index is 1110. The molecule has 4 rings (SSSR count). The highest BCUT2D eigenvalue weighted by Gasteiger charge is 2.39. The highest BCUT2D eigenvalue weighted by atomic mass is 19.1. The van der Waals surface area contributed by atoms with Crippen molar-refractivity contribution in [3.63, 3.8) is 0 Å². The van der Waals surface area contributed by atoms with E-state index in [4.69, 9.17) is 4.74 Å². The SMILES string of the molecule is COc1ccc(NC2=C(c3ccc(F)cc3)C(=O)N(Cc3cccnc3)C2=O)cc1. The van der Waals surface area contributed by atoms with E-state index in [1.54, 1.807) is 55.9 Å². The Labute approximate surface area is 172 Å². The van der Waals surface area contributed by atoms with Crippen molar-refractivity contribution < 1.29 is 18.7 Å². The lowest BCUT2D eigenvalue weighted by Crippen LogP contribution is -2.32. The van der Waals surface area contributed by atoms with Gasteiger partial charge in [-0.05, 0) is 53.6 Å². The average Bonchev–Trinajstić information content (AvgIpc) is 3.00. The van der Waals surface area contributed by atoms with Crippen LogP contribution < -0.4 is 10.1 Å². The molecular weight excluding hydrogens is 385 g/mol. The fourth-order valence-corrected chi connectivity index (χ4v) is 3.21. The van der Waals surface area contributed by atoms with Gasteiger partial charge in [0.2, 0.25) is 0 Å². The van der Waals surface area contributed by atoms with Gasteiger partial charge in [0.1, 0.15) is 17.3 Å². The van der Waals surface area contributed by atoms with Crippen LogP contribution >= 0.6 is 0 Å². The number of carbonyl (C=O) groups excluding carboxylic acids is 2. The summed E-state index contributed by atoms with van der Waals surface area (Å²) >= 11 is 0. The summed E-state index contributed by atoms with van der Waals surface area (Å²) < 4.78 is 18.6. The van der Waals surface area contributed by atoms with E-state index in [1.165, 1.54) is 24.3 Å². The summed E-state index contributed by atoms with van der Waals surface area (Å²) in [5.74, 6) is -0.668. The zero-order valence-electron chi connectivity index (χ0n) is 16.1. The Hall–Kier alpha value is -4.00. The molecule has 0 radical (unpaired) electrons. The standard InChI is InChI=1S/C23H18FN3O3/c1-30-19-10-8-18(9-11-19)26-21-20(16-4-6-17(24)7-5-16)22(28)27(23(21)29)14-15-3-2-12-25-13-15/h2-13,26H,14H2,1H3. The predicted octanol–water partition coefficient (Wildman–Crippen LogP) is 3.62. The maximum atomic E-state index is 13.4. The molecule has 0 bridgehead atoms. The molecule has 0 aliphatic carbocycles.